The van der Waals surface area contributed by atoms with Crippen molar-refractivity contribution >= 4 is 18.0 Å². The molecule has 1 aliphatic heterocycles. The SMILES string of the molecule is CC(C)(C)c1cc(SC(C=O)CCN2CCCC2)cc(C(C)(C)C)c1O. The fraction of sp³-hybridized carbons (Fsp3) is 0.682. The fourth-order valence-corrected chi connectivity index (χ4v) is 4.47. The first-order valence-corrected chi connectivity index (χ1v) is 10.6. The number of thioether (sulfide) groups is 1. The number of hydrogen-bond acceptors (Lipinski definition) is 4. The fourth-order valence-electron chi connectivity index (χ4n) is 3.47. The third-order valence-electron chi connectivity index (χ3n) is 5.07. The van der Waals surface area contributed by atoms with E-state index in [0.717, 1.165) is 48.4 Å². The minimum absolute atomic E-state index is 0.0409. The first-order valence-electron chi connectivity index (χ1n) is 9.74. The molecule has 0 aromatic heterocycles. The van der Waals surface area contributed by atoms with Crippen LogP contribution in [0.15, 0.2) is 17.0 Å². The maximum atomic E-state index is 11.7. The van der Waals surface area contributed by atoms with Crippen molar-refractivity contribution in [3.63, 3.8) is 0 Å². The molecule has 1 unspecified atom stereocenters. The van der Waals surface area contributed by atoms with Crippen LogP contribution in [-0.4, -0.2) is 41.2 Å². The first-order chi connectivity index (χ1) is 12.0. The average molecular weight is 378 g/mol. The molecule has 2 rings (SSSR count). The van der Waals surface area contributed by atoms with E-state index in [1.54, 1.807) is 11.8 Å². The zero-order chi connectivity index (χ0) is 19.5. The van der Waals surface area contributed by atoms with Gasteiger partial charge < -0.3 is 14.8 Å². The number of likely N-dealkylation sites (tertiary alicyclic amines) is 1. The summed E-state index contributed by atoms with van der Waals surface area (Å²) >= 11 is 1.64. The van der Waals surface area contributed by atoms with Crippen molar-refractivity contribution in [2.45, 2.75) is 81.8 Å². The highest BCUT2D eigenvalue weighted by molar-refractivity contribution is 8.00. The Hall–Kier alpha value is -1.00. The molecule has 1 saturated heterocycles. The number of carbonyl (C=O) groups excluding carboxylic acids is 1. The van der Waals surface area contributed by atoms with Crippen molar-refractivity contribution in [1.29, 1.82) is 0 Å². The molecular weight excluding hydrogens is 342 g/mol. The second kappa shape index (κ2) is 8.35. The van der Waals surface area contributed by atoms with E-state index in [4.69, 9.17) is 0 Å². The van der Waals surface area contributed by atoms with Crippen LogP contribution in [0.4, 0.5) is 0 Å². The zero-order valence-corrected chi connectivity index (χ0v) is 18.1. The molecular formula is C22H35NO2S. The van der Waals surface area contributed by atoms with Crippen LogP contribution >= 0.6 is 11.8 Å². The summed E-state index contributed by atoms with van der Waals surface area (Å²) in [5.74, 6) is 0.397. The second-order valence-electron chi connectivity index (χ2n) is 9.50. The maximum Gasteiger partial charge on any atom is 0.133 e. The highest BCUT2D eigenvalue weighted by Gasteiger charge is 2.27. The zero-order valence-electron chi connectivity index (χ0n) is 17.3. The van der Waals surface area contributed by atoms with Crippen molar-refractivity contribution in [1.82, 2.24) is 4.90 Å². The highest BCUT2D eigenvalue weighted by atomic mass is 32.2. The number of aldehydes is 1. The quantitative estimate of drug-likeness (QED) is 0.551. The molecule has 0 amide bonds. The average Bonchev–Trinajstić information content (AvgIpc) is 3.03. The number of benzene rings is 1. The summed E-state index contributed by atoms with van der Waals surface area (Å²) in [5, 5.41) is 10.8. The minimum Gasteiger partial charge on any atom is -0.507 e. The van der Waals surface area contributed by atoms with Gasteiger partial charge in [-0.3, -0.25) is 0 Å². The van der Waals surface area contributed by atoms with Gasteiger partial charge in [0.15, 0.2) is 0 Å². The summed E-state index contributed by atoms with van der Waals surface area (Å²) in [6.07, 6.45) is 4.52. The van der Waals surface area contributed by atoms with Crippen molar-refractivity contribution < 1.29 is 9.90 Å². The molecule has 1 aromatic carbocycles. The molecule has 0 bridgehead atoms. The van der Waals surface area contributed by atoms with Gasteiger partial charge >= 0.3 is 0 Å². The van der Waals surface area contributed by atoms with Gasteiger partial charge in [-0.1, -0.05) is 41.5 Å². The summed E-state index contributed by atoms with van der Waals surface area (Å²) in [6.45, 7) is 16.0. The van der Waals surface area contributed by atoms with Crippen LogP contribution in [0.3, 0.4) is 0 Å². The molecule has 3 nitrogen and oxygen atoms in total. The summed E-state index contributed by atoms with van der Waals surface area (Å²) in [4.78, 5) is 15.2. The largest absolute Gasteiger partial charge is 0.507 e. The Morgan fingerprint density at radius 3 is 2.00 bits per heavy atom. The minimum atomic E-state index is -0.146. The van der Waals surface area contributed by atoms with E-state index in [1.807, 2.05) is 0 Å². The van der Waals surface area contributed by atoms with E-state index in [1.165, 1.54) is 12.8 Å². The molecule has 26 heavy (non-hydrogen) atoms. The van der Waals surface area contributed by atoms with Gasteiger partial charge in [-0.25, -0.2) is 0 Å². The lowest BCUT2D eigenvalue weighted by molar-refractivity contribution is -0.107. The Labute approximate surface area is 163 Å². The van der Waals surface area contributed by atoms with Gasteiger partial charge in [0.05, 0.1) is 5.25 Å². The van der Waals surface area contributed by atoms with E-state index in [9.17, 15) is 9.90 Å². The smallest absolute Gasteiger partial charge is 0.133 e. The summed E-state index contributed by atoms with van der Waals surface area (Å²) in [5.41, 5.74) is 1.62. The molecule has 0 radical (unpaired) electrons. The Balaban J connectivity index is 2.24. The van der Waals surface area contributed by atoms with Crippen molar-refractivity contribution in [3.8, 4) is 5.75 Å². The van der Waals surface area contributed by atoms with Crippen LogP contribution in [0.2, 0.25) is 0 Å². The number of phenolic OH excluding ortho intramolecular Hbond substituents is 1. The van der Waals surface area contributed by atoms with Gasteiger partial charge in [0.25, 0.3) is 0 Å². The molecule has 1 fully saturated rings. The van der Waals surface area contributed by atoms with Crippen LogP contribution in [0.5, 0.6) is 5.75 Å². The third-order valence-corrected chi connectivity index (χ3v) is 6.22. The van der Waals surface area contributed by atoms with Gasteiger partial charge in [0.2, 0.25) is 0 Å². The normalized spacial score (nSPS) is 17.5. The van der Waals surface area contributed by atoms with Gasteiger partial charge in [-0.15, -0.1) is 11.8 Å². The number of aromatic hydroxyl groups is 1. The Bertz CT molecular complexity index is 587. The van der Waals surface area contributed by atoms with E-state index < -0.39 is 0 Å². The predicted octanol–water partition coefficient (Wildman–Crippen LogP) is 5.13. The molecule has 0 spiro atoms. The van der Waals surface area contributed by atoms with Gasteiger partial charge in [-0.2, -0.15) is 0 Å². The van der Waals surface area contributed by atoms with Crippen LogP contribution in [-0.2, 0) is 15.6 Å². The topological polar surface area (TPSA) is 40.5 Å². The second-order valence-corrected chi connectivity index (χ2v) is 10.8. The molecule has 1 aliphatic rings. The molecule has 0 saturated carbocycles. The maximum absolute atomic E-state index is 11.7. The third kappa shape index (κ3) is 5.50. The monoisotopic (exact) mass is 377 g/mol. The lowest BCUT2D eigenvalue weighted by Crippen LogP contribution is -2.24. The van der Waals surface area contributed by atoms with Crippen molar-refractivity contribution in [3.05, 3.63) is 23.3 Å². The number of nitrogens with zero attached hydrogens (tertiary/aromatic N) is 1. The van der Waals surface area contributed by atoms with E-state index >= 15 is 0 Å². The number of hydrogen-bond donors (Lipinski definition) is 1. The number of rotatable bonds is 6. The summed E-state index contributed by atoms with van der Waals surface area (Å²) in [7, 11) is 0. The molecule has 1 N–H and O–H groups in total. The lowest BCUT2D eigenvalue weighted by atomic mass is 9.79. The molecule has 146 valence electrons. The van der Waals surface area contributed by atoms with Gasteiger partial charge in [0, 0.05) is 16.0 Å². The molecule has 1 atom stereocenters. The standard InChI is InChI=1S/C22H35NO2S/c1-21(2,3)18-13-17(14-19(20(18)25)22(4,5)6)26-16(15-24)9-12-23-10-7-8-11-23/h13-16,25H,7-12H2,1-6H3. The molecule has 0 aliphatic carbocycles. The van der Waals surface area contributed by atoms with E-state index in [2.05, 4.69) is 58.6 Å². The molecule has 1 heterocycles. The Kier molecular flexibility index (Phi) is 6.84. The highest BCUT2D eigenvalue weighted by Crippen LogP contribution is 2.42. The van der Waals surface area contributed by atoms with E-state index in [-0.39, 0.29) is 16.1 Å². The van der Waals surface area contributed by atoms with Gasteiger partial charge in [-0.05, 0) is 61.9 Å². The number of phenols is 1. The predicted molar refractivity (Wildman–Crippen MR) is 112 cm³/mol. The van der Waals surface area contributed by atoms with Crippen molar-refractivity contribution in [2.75, 3.05) is 19.6 Å². The Morgan fingerprint density at radius 2 is 1.58 bits per heavy atom. The lowest BCUT2D eigenvalue weighted by Gasteiger charge is -2.28. The number of carbonyl (C=O) groups is 1. The van der Waals surface area contributed by atoms with Crippen LogP contribution in [0.25, 0.3) is 0 Å². The molecule has 4 heteroatoms. The summed E-state index contributed by atoms with van der Waals surface area (Å²) < 4.78 is 0. The van der Waals surface area contributed by atoms with Crippen LogP contribution < -0.4 is 0 Å². The van der Waals surface area contributed by atoms with Crippen LogP contribution in [0.1, 0.15) is 71.9 Å². The van der Waals surface area contributed by atoms with Gasteiger partial charge in [0.1, 0.15) is 12.0 Å². The van der Waals surface area contributed by atoms with Crippen LogP contribution in [0, 0.1) is 0 Å². The van der Waals surface area contributed by atoms with Crippen molar-refractivity contribution in [2.24, 2.45) is 0 Å². The Morgan fingerprint density at radius 1 is 1.08 bits per heavy atom. The summed E-state index contributed by atoms with van der Waals surface area (Å²) in [6, 6.07) is 4.14. The van der Waals surface area contributed by atoms with E-state index in [0.29, 0.717) is 5.75 Å². The molecule has 1 aromatic rings. The first kappa shape index (κ1) is 21.3.